The van der Waals surface area contributed by atoms with E-state index in [1.807, 2.05) is 6.92 Å². The number of hydrogen-bond acceptors (Lipinski definition) is 5. The van der Waals surface area contributed by atoms with Crippen LogP contribution in [0.3, 0.4) is 0 Å². The first-order valence-corrected chi connectivity index (χ1v) is 4.33. The van der Waals surface area contributed by atoms with Gasteiger partial charge < -0.3 is 14.9 Å². The van der Waals surface area contributed by atoms with Crippen LogP contribution in [0.4, 0.5) is 0 Å². The van der Waals surface area contributed by atoms with E-state index in [9.17, 15) is 0 Å². The molecule has 1 heterocycles. The molecule has 0 amide bonds. The Balaban J connectivity index is 2.20. The summed E-state index contributed by atoms with van der Waals surface area (Å²) in [5.41, 5.74) is 0. The molecule has 1 rings (SSSR count). The van der Waals surface area contributed by atoms with Crippen molar-refractivity contribution in [2.75, 3.05) is 13.2 Å². The maximum Gasteiger partial charge on any atom is 0.223 e. The zero-order chi connectivity index (χ0) is 9.68. The van der Waals surface area contributed by atoms with Crippen molar-refractivity contribution in [1.29, 1.82) is 0 Å². The molecule has 1 aromatic heterocycles. The van der Waals surface area contributed by atoms with E-state index in [2.05, 4.69) is 15.5 Å². The Morgan fingerprint density at radius 2 is 2.38 bits per heavy atom. The van der Waals surface area contributed by atoms with Crippen LogP contribution in [0.2, 0.25) is 0 Å². The van der Waals surface area contributed by atoms with Crippen molar-refractivity contribution in [2.45, 2.75) is 20.4 Å². The van der Waals surface area contributed by atoms with Crippen molar-refractivity contribution in [3.8, 4) is 0 Å². The molecule has 0 aromatic carbocycles. The molecule has 0 saturated heterocycles. The van der Waals surface area contributed by atoms with Gasteiger partial charge in [0.15, 0.2) is 5.82 Å². The van der Waals surface area contributed by atoms with Gasteiger partial charge in [0.2, 0.25) is 5.89 Å². The zero-order valence-electron chi connectivity index (χ0n) is 7.95. The van der Waals surface area contributed by atoms with E-state index in [0.29, 0.717) is 18.3 Å². The molecule has 0 aliphatic heterocycles. The lowest BCUT2D eigenvalue weighted by molar-refractivity contribution is 0.233. The maximum atomic E-state index is 8.75. The van der Waals surface area contributed by atoms with E-state index >= 15 is 0 Å². The SMILES string of the molecule is Cc1nc(CNCC(C)CO)no1. The number of aliphatic hydroxyl groups is 1. The third-order valence-corrected chi connectivity index (χ3v) is 1.66. The van der Waals surface area contributed by atoms with Crippen LogP contribution in [0.1, 0.15) is 18.6 Å². The highest BCUT2D eigenvalue weighted by molar-refractivity contribution is 4.82. The van der Waals surface area contributed by atoms with Gasteiger partial charge in [-0.25, -0.2) is 0 Å². The van der Waals surface area contributed by atoms with Crippen molar-refractivity contribution in [2.24, 2.45) is 5.92 Å². The summed E-state index contributed by atoms with van der Waals surface area (Å²) >= 11 is 0. The second-order valence-electron chi connectivity index (χ2n) is 3.15. The smallest absolute Gasteiger partial charge is 0.223 e. The van der Waals surface area contributed by atoms with Crippen LogP contribution >= 0.6 is 0 Å². The van der Waals surface area contributed by atoms with Crippen molar-refractivity contribution in [3.05, 3.63) is 11.7 Å². The van der Waals surface area contributed by atoms with Crippen LogP contribution in [0.5, 0.6) is 0 Å². The van der Waals surface area contributed by atoms with E-state index in [1.54, 1.807) is 6.92 Å². The molecular weight excluding hydrogens is 170 g/mol. The molecule has 0 spiro atoms. The summed E-state index contributed by atoms with van der Waals surface area (Å²) in [4.78, 5) is 4.03. The lowest BCUT2D eigenvalue weighted by Gasteiger charge is -2.06. The first-order valence-electron chi connectivity index (χ1n) is 4.33. The number of aliphatic hydroxyl groups excluding tert-OH is 1. The Bertz CT molecular complexity index is 249. The molecule has 1 aromatic rings. The van der Waals surface area contributed by atoms with Crippen molar-refractivity contribution in [3.63, 3.8) is 0 Å². The molecule has 0 bridgehead atoms. The van der Waals surface area contributed by atoms with Crippen LogP contribution in [0.25, 0.3) is 0 Å². The van der Waals surface area contributed by atoms with Crippen molar-refractivity contribution in [1.82, 2.24) is 15.5 Å². The molecule has 1 atom stereocenters. The summed E-state index contributed by atoms with van der Waals surface area (Å²) in [5.74, 6) is 1.49. The molecule has 5 heteroatoms. The summed E-state index contributed by atoms with van der Waals surface area (Å²) < 4.78 is 4.80. The second kappa shape index (κ2) is 4.94. The molecule has 5 nitrogen and oxygen atoms in total. The average Bonchev–Trinajstić information content (AvgIpc) is 2.51. The van der Waals surface area contributed by atoms with Crippen molar-refractivity contribution >= 4 is 0 Å². The predicted molar refractivity (Wildman–Crippen MR) is 47.0 cm³/mol. The largest absolute Gasteiger partial charge is 0.396 e. The van der Waals surface area contributed by atoms with Gasteiger partial charge in [-0.3, -0.25) is 0 Å². The van der Waals surface area contributed by atoms with Crippen LogP contribution in [0, 0.1) is 12.8 Å². The molecule has 0 aliphatic carbocycles. The molecule has 0 saturated carbocycles. The van der Waals surface area contributed by atoms with Gasteiger partial charge in [-0.1, -0.05) is 12.1 Å². The molecule has 0 aliphatic rings. The molecule has 74 valence electrons. The van der Waals surface area contributed by atoms with Crippen molar-refractivity contribution < 1.29 is 9.63 Å². The minimum atomic E-state index is 0.193. The number of nitrogens with one attached hydrogen (secondary N) is 1. The average molecular weight is 185 g/mol. The third kappa shape index (κ3) is 3.52. The first-order chi connectivity index (χ1) is 6.22. The second-order valence-corrected chi connectivity index (χ2v) is 3.15. The highest BCUT2D eigenvalue weighted by atomic mass is 16.5. The van der Waals surface area contributed by atoms with Crippen LogP contribution in [0.15, 0.2) is 4.52 Å². The monoisotopic (exact) mass is 185 g/mol. The van der Waals surface area contributed by atoms with Crippen LogP contribution in [-0.4, -0.2) is 28.4 Å². The number of nitrogens with zero attached hydrogens (tertiary/aromatic N) is 2. The fourth-order valence-electron chi connectivity index (χ4n) is 0.908. The standard InChI is InChI=1S/C8H15N3O2/c1-6(5-12)3-9-4-8-10-7(2)13-11-8/h6,9,12H,3-5H2,1-2H3. The summed E-state index contributed by atoms with van der Waals surface area (Å²) in [6.45, 7) is 5.26. The van der Waals surface area contributed by atoms with E-state index in [-0.39, 0.29) is 12.5 Å². The Hall–Kier alpha value is -0.940. The topological polar surface area (TPSA) is 71.2 Å². The van der Waals surface area contributed by atoms with Gasteiger partial charge in [-0.15, -0.1) is 0 Å². The predicted octanol–water partition coefficient (Wildman–Crippen LogP) is 0.0960. The van der Waals surface area contributed by atoms with E-state index in [4.69, 9.17) is 9.63 Å². The van der Waals surface area contributed by atoms with Gasteiger partial charge in [0.1, 0.15) is 0 Å². The molecule has 0 radical (unpaired) electrons. The Kier molecular flexibility index (Phi) is 3.85. The van der Waals surface area contributed by atoms with E-state index in [0.717, 1.165) is 6.54 Å². The molecule has 0 fully saturated rings. The van der Waals surface area contributed by atoms with Gasteiger partial charge in [0, 0.05) is 20.1 Å². The minimum absolute atomic E-state index is 0.193. The fourth-order valence-corrected chi connectivity index (χ4v) is 0.908. The highest BCUT2D eigenvalue weighted by Crippen LogP contribution is 1.95. The highest BCUT2D eigenvalue weighted by Gasteiger charge is 2.02. The Labute approximate surface area is 77.2 Å². The van der Waals surface area contributed by atoms with Gasteiger partial charge in [0.25, 0.3) is 0 Å². The molecular formula is C8H15N3O2. The quantitative estimate of drug-likeness (QED) is 0.680. The van der Waals surface area contributed by atoms with Gasteiger partial charge in [-0.05, 0) is 5.92 Å². The third-order valence-electron chi connectivity index (χ3n) is 1.66. The lowest BCUT2D eigenvalue weighted by atomic mass is 10.2. The number of aryl methyl sites for hydroxylation is 1. The number of aromatic nitrogens is 2. The summed E-state index contributed by atoms with van der Waals surface area (Å²) in [6.07, 6.45) is 0. The van der Waals surface area contributed by atoms with Crippen LogP contribution < -0.4 is 5.32 Å². The lowest BCUT2D eigenvalue weighted by Crippen LogP contribution is -2.23. The Morgan fingerprint density at radius 1 is 1.62 bits per heavy atom. The minimum Gasteiger partial charge on any atom is -0.396 e. The zero-order valence-corrected chi connectivity index (χ0v) is 7.95. The van der Waals surface area contributed by atoms with Gasteiger partial charge >= 0.3 is 0 Å². The fraction of sp³-hybridized carbons (Fsp3) is 0.750. The summed E-state index contributed by atoms with van der Waals surface area (Å²) in [5, 5.41) is 15.6. The van der Waals surface area contributed by atoms with Gasteiger partial charge in [-0.2, -0.15) is 4.98 Å². The first kappa shape index (κ1) is 10.1. The molecule has 2 N–H and O–H groups in total. The van der Waals surface area contributed by atoms with E-state index in [1.165, 1.54) is 0 Å². The van der Waals surface area contributed by atoms with Gasteiger partial charge in [0.05, 0.1) is 6.54 Å². The number of hydrogen-bond donors (Lipinski definition) is 2. The normalized spacial score (nSPS) is 13.2. The van der Waals surface area contributed by atoms with E-state index < -0.39 is 0 Å². The number of rotatable bonds is 5. The maximum absolute atomic E-state index is 8.75. The van der Waals surface area contributed by atoms with Crippen LogP contribution in [-0.2, 0) is 6.54 Å². The Morgan fingerprint density at radius 3 is 2.92 bits per heavy atom. The molecule has 1 unspecified atom stereocenters. The molecule has 13 heavy (non-hydrogen) atoms. The summed E-state index contributed by atoms with van der Waals surface area (Å²) in [6, 6.07) is 0. The summed E-state index contributed by atoms with van der Waals surface area (Å²) in [7, 11) is 0.